The van der Waals surface area contributed by atoms with E-state index in [1.165, 1.54) is 11.1 Å². The molecule has 0 atom stereocenters. The molecule has 0 unspecified atom stereocenters. The third-order valence-electron chi connectivity index (χ3n) is 9.28. The van der Waals surface area contributed by atoms with Gasteiger partial charge >= 0.3 is 239 Å². The third-order valence-corrected chi connectivity index (χ3v) is 15.9. The van der Waals surface area contributed by atoms with Crippen molar-refractivity contribution in [3.63, 3.8) is 0 Å². The summed E-state index contributed by atoms with van der Waals surface area (Å²) in [5, 5.41) is 0. The first kappa shape index (κ1) is 29.0. The molecule has 2 aromatic carbocycles. The number of benzene rings is 2. The van der Waals surface area contributed by atoms with E-state index in [-0.39, 0.29) is 0 Å². The van der Waals surface area contributed by atoms with Crippen LogP contribution >= 0.6 is 0 Å². The fourth-order valence-corrected chi connectivity index (χ4v) is 13.9. The van der Waals surface area contributed by atoms with Gasteiger partial charge in [0.15, 0.2) is 0 Å². The quantitative estimate of drug-likeness (QED) is 0.331. The zero-order chi connectivity index (χ0) is 28.9. The van der Waals surface area contributed by atoms with Gasteiger partial charge in [-0.25, -0.2) is 0 Å². The minimum absolute atomic E-state index is 0.439. The van der Waals surface area contributed by atoms with Crippen LogP contribution in [-0.2, 0) is 24.0 Å². The number of allylic oxidation sites excluding steroid dienone is 8. The molecule has 204 valence electrons. The maximum atomic E-state index is 14.0. The van der Waals surface area contributed by atoms with Crippen molar-refractivity contribution in [2.24, 2.45) is 10.8 Å². The number of hydrogen-bond donors (Lipinski definition) is 0. The van der Waals surface area contributed by atoms with E-state index in [1.807, 2.05) is 36.4 Å². The molecule has 0 spiro atoms. The van der Waals surface area contributed by atoms with E-state index in [2.05, 4.69) is 69.2 Å². The molecule has 0 amide bonds. The van der Waals surface area contributed by atoms with Crippen molar-refractivity contribution in [2.45, 2.75) is 69.2 Å². The molecule has 0 N–H and O–H groups in total. The number of carbonyl (C=O) groups excluding carboxylic acids is 2. The van der Waals surface area contributed by atoms with Crippen LogP contribution < -0.4 is 0 Å². The van der Waals surface area contributed by atoms with Gasteiger partial charge in [0.2, 0.25) is 0 Å². The molecule has 0 saturated heterocycles. The molecular weight excluding hydrogens is 520 g/mol. The second-order valence-electron chi connectivity index (χ2n) is 11.9. The Morgan fingerprint density at radius 2 is 0.846 bits per heavy atom. The van der Waals surface area contributed by atoms with Crippen molar-refractivity contribution in [1.29, 1.82) is 0 Å². The van der Waals surface area contributed by atoms with Gasteiger partial charge in [-0.1, -0.05) is 0 Å². The summed E-state index contributed by atoms with van der Waals surface area (Å²) in [5.74, 6) is -0.929. The van der Waals surface area contributed by atoms with Crippen molar-refractivity contribution < 1.29 is 33.6 Å². The zero-order valence-electron chi connectivity index (χ0n) is 24.9. The van der Waals surface area contributed by atoms with Gasteiger partial charge in [0, 0.05) is 0 Å². The van der Waals surface area contributed by atoms with Gasteiger partial charge in [0.1, 0.15) is 0 Å². The van der Waals surface area contributed by atoms with Crippen molar-refractivity contribution in [2.75, 3.05) is 0 Å². The van der Waals surface area contributed by atoms with Crippen LogP contribution in [0, 0.1) is 10.8 Å². The Morgan fingerprint density at radius 1 is 0.538 bits per heavy atom. The van der Waals surface area contributed by atoms with E-state index in [9.17, 15) is 9.59 Å². The van der Waals surface area contributed by atoms with Crippen LogP contribution in [0.25, 0.3) is 0 Å². The molecule has 39 heavy (non-hydrogen) atoms. The fourth-order valence-electron chi connectivity index (χ4n) is 6.38. The van der Waals surface area contributed by atoms with Gasteiger partial charge in [-0.05, 0) is 0 Å². The summed E-state index contributed by atoms with van der Waals surface area (Å²) in [5.41, 5.74) is 6.78. The van der Waals surface area contributed by atoms with Crippen LogP contribution in [0.4, 0.5) is 0 Å². The minimum atomic E-state index is -4.79. The van der Waals surface area contributed by atoms with Crippen LogP contribution in [-0.4, -0.2) is 11.9 Å². The first-order valence-corrected chi connectivity index (χ1v) is 16.4. The van der Waals surface area contributed by atoms with E-state index in [0.29, 0.717) is 11.1 Å². The Bertz CT molecular complexity index is 1350. The Hall–Kier alpha value is -2.95. The van der Waals surface area contributed by atoms with Gasteiger partial charge < -0.3 is 0 Å². The standard InChI is InChI=1S/2C10H15.2C7H6O2.Ti/c2*1-7-6-10(4,5)9(3)8(7)2;2*8-7(9)6-4-2-1-3-5-6;/h2*1-5H3;2*1-5H,(H,8,9);/q;;;;+2/p-2. The van der Waals surface area contributed by atoms with Crippen molar-refractivity contribution in [1.82, 2.24) is 0 Å². The first-order valence-electron chi connectivity index (χ1n) is 13.5. The molecule has 4 nitrogen and oxygen atoms in total. The van der Waals surface area contributed by atoms with Crippen molar-refractivity contribution >= 4 is 11.9 Å². The van der Waals surface area contributed by atoms with E-state index in [1.54, 1.807) is 24.3 Å². The summed E-state index contributed by atoms with van der Waals surface area (Å²) >= 11 is -4.79. The molecule has 0 saturated carbocycles. The monoisotopic (exact) mass is 560 g/mol. The van der Waals surface area contributed by atoms with Crippen LogP contribution in [0.15, 0.2) is 102 Å². The van der Waals surface area contributed by atoms with Gasteiger partial charge in [0.05, 0.1) is 0 Å². The fraction of sp³-hybridized carbons (Fsp3) is 0.353. The SMILES string of the molecule is CC1=C(C)C(C)(C)[C]([Ti]([O]C(=O)c2ccccc2)([O]C(=O)c2ccccc2)[C]2=C(C)C(C)=C(C)C2(C)C)=C1C. The molecule has 2 aromatic rings. The Kier molecular flexibility index (Phi) is 7.62. The topological polar surface area (TPSA) is 52.6 Å². The van der Waals surface area contributed by atoms with E-state index in [0.717, 1.165) is 30.0 Å². The molecule has 5 heteroatoms. The van der Waals surface area contributed by atoms with Gasteiger partial charge in [-0.3, -0.25) is 0 Å². The van der Waals surface area contributed by atoms with E-state index in [4.69, 9.17) is 6.64 Å². The summed E-state index contributed by atoms with van der Waals surface area (Å²) < 4.78 is 15.6. The normalized spacial score (nSPS) is 18.7. The molecular formula is C34H40O4Ti. The number of rotatable bonds is 6. The van der Waals surface area contributed by atoms with Crippen LogP contribution in [0.3, 0.4) is 0 Å². The van der Waals surface area contributed by atoms with Crippen molar-refractivity contribution in [3.8, 4) is 0 Å². The Labute approximate surface area is 237 Å². The predicted octanol–water partition coefficient (Wildman–Crippen LogP) is 8.98. The number of hydrogen-bond acceptors (Lipinski definition) is 4. The summed E-state index contributed by atoms with van der Waals surface area (Å²) in [4.78, 5) is 28.0. The third kappa shape index (κ3) is 4.62. The van der Waals surface area contributed by atoms with Gasteiger partial charge in [-0.15, -0.1) is 0 Å². The second-order valence-corrected chi connectivity index (χ2v) is 16.0. The summed E-state index contributed by atoms with van der Waals surface area (Å²) in [6.07, 6.45) is 0. The summed E-state index contributed by atoms with van der Waals surface area (Å²) in [6, 6.07) is 18.0. The summed E-state index contributed by atoms with van der Waals surface area (Å²) in [7, 11) is 0. The Balaban J connectivity index is 2.08. The average molecular weight is 561 g/mol. The summed E-state index contributed by atoms with van der Waals surface area (Å²) in [6.45, 7) is 21.3. The molecule has 0 aliphatic heterocycles. The molecule has 0 aromatic heterocycles. The molecule has 0 bridgehead atoms. The molecule has 2 aliphatic carbocycles. The number of carbonyl (C=O) groups is 2. The van der Waals surface area contributed by atoms with Crippen LogP contribution in [0.1, 0.15) is 90.0 Å². The Morgan fingerprint density at radius 3 is 1.10 bits per heavy atom. The molecule has 0 radical (unpaired) electrons. The zero-order valence-corrected chi connectivity index (χ0v) is 26.5. The van der Waals surface area contributed by atoms with Gasteiger partial charge in [0.25, 0.3) is 0 Å². The first-order chi connectivity index (χ1) is 18.2. The van der Waals surface area contributed by atoms with Crippen LogP contribution in [0.5, 0.6) is 0 Å². The van der Waals surface area contributed by atoms with E-state index >= 15 is 0 Å². The molecule has 2 aliphatic rings. The maximum absolute atomic E-state index is 14.0. The predicted molar refractivity (Wildman–Crippen MR) is 153 cm³/mol. The molecule has 0 fully saturated rings. The molecule has 0 heterocycles. The second kappa shape index (κ2) is 10.2. The van der Waals surface area contributed by atoms with Crippen molar-refractivity contribution in [3.05, 3.63) is 113 Å². The van der Waals surface area contributed by atoms with Crippen LogP contribution in [0.2, 0.25) is 0 Å². The average Bonchev–Trinajstić information content (AvgIpc) is 3.16. The molecule has 4 rings (SSSR count). The van der Waals surface area contributed by atoms with E-state index < -0.39 is 40.1 Å². The van der Waals surface area contributed by atoms with Gasteiger partial charge in [-0.2, -0.15) is 0 Å².